The van der Waals surface area contributed by atoms with Gasteiger partial charge >= 0.3 is 0 Å². The smallest absolute Gasteiger partial charge is 0.255 e. The number of pyridine rings is 1. The monoisotopic (exact) mass is 284 g/mol. The molecule has 6 nitrogen and oxygen atoms in total. The van der Waals surface area contributed by atoms with Crippen LogP contribution in [0.2, 0.25) is 0 Å². The summed E-state index contributed by atoms with van der Waals surface area (Å²) < 4.78 is 5.26. The summed E-state index contributed by atoms with van der Waals surface area (Å²) in [7, 11) is 0. The number of hydrogen-bond acceptors (Lipinski definition) is 5. The molecular weight excluding hydrogens is 268 g/mol. The summed E-state index contributed by atoms with van der Waals surface area (Å²) in [5.41, 5.74) is 2.42. The quantitative estimate of drug-likeness (QED) is 0.839. The van der Waals surface area contributed by atoms with Crippen LogP contribution in [-0.2, 0) is 11.2 Å². The molecule has 0 aromatic carbocycles. The third-order valence-corrected chi connectivity index (χ3v) is 3.34. The van der Waals surface area contributed by atoms with E-state index in [1.807, 2.05) is 6.07 Å². The SMILES string of the molecule is O=C(c1cncc(Cc2cnccn2)c1)N1CCOCC1. The third kappa shape index (κ3) is 3.41. The van der Waals surface area contributed by atoms with E-state index in [1.54, 1.807) is 35.9 Å². The molecule has 2 aromatic heterocycles. The highest BCUT2D eigenvalue weighted by Gasteiger charge is 2.19. The minimum atomic E-state index is 0.00629. The van der Waals surface area contributed by atoms with Crippen molar-refractivity contribution in [2.24, 2.45) is 0 Å². The van der Waals surface area contributed by atoms with Crippen LogP contribution in [0.3, 0.4) is 0 Å². The number of rotatable bonds is 3. The number of nitrogens with zero attached hydrogens (tertiary/aromatic N) is 4. The van der Waals surface area contributed by atoms with Gasteiger partial charge in [0, 0.05) is 50.5 Å². The topological polar surface area (TPSA) is 68.2 Å². The first-order valence-corrected chi connectivity index (χ1v) is 6.89. The van der Waals surface area contributed by atoms with Crippen molar-refractivity contribution in [3.05, 3.63) is 53.9 Å². The summed E-state index contributed by atoms with van der Waals surface area (Å²) in [4.78, 5) is 26.7. The zero-order valence-corrected chi connectivity index (χ0v) is 11.6. The van der Waals surface area contributed by atoms with Crippen LogP contribution in [0.4, 0.5) is 0 Å². The molecule has 1 amide bonds. The van der Waals surface area contributed by atoms with Crippen LogP contribution in [-0.4, -0.2) is 52.1 Å². The fourth-order valence-electron chi connectivity index (χ4n) is 2.28. The van der Waals surface area contributed by atoms with E-state index < -0.39 is 0 Å². The van der Waals surface area contributed by atoms with Gasteiger partial charge in [-0.3, -0.25) is 19.7 Å². The van der Waals surface area contributed by atoms with Gasteiger partial charge in [0.2, 0.25) is 0 Å². The maximum absolute atomic E-state index is 12.4. The summed E-state index contributed by atoms with van der Waals surface area (Å²) >= 11 is 0. The summed E-state index contributed by atoms with van der Waals surface area (Å²) in [6.07, 6.45) is 9.00. The number of amides is 1. The van der Waals surface area contributed by atoms with Crippen molar-refractivity contribution in [1.29, 1.82) is 0 Å². The molecule has 0 bridgehead atoms. The van der Waals surface area contributed by atoms with E-state index in [4.69, 9.17) is 4.74 Å². The molecular formula is C15H16N4O2. The predicted octanol–water partition coefficient (Wildman–Crippen LogP) is 0.935. The maximum atomic E-state index is 12.4. The second-order valence-corrected chi connectivity index (χ2v) is 4.86. The van der Waals surface area contributed by atoms with Gasteiger partial charge in [-0.15, -0.1) is 0 Å². The van der Waals surface area contributed by atoms with Crippen molar-refractivity contribution in [3.63, 3.8) is 0 Å². The van der Waals surface area contributed by atoms with E-state index in [0.717, 1.165) is 11.3 Å². The molecule has 0 aliphatic carbocycles. The maximum Gasteiger partial charge on any atom is 0.255 e. The summed E-state index contributed by atoms with van der Waals surface area (Å²) in [6.45, 7) is 2.46. The summed E-state index contributed by atoms with van der Waals surface area (Å²) in [5, 5.41) is 0. The second kappa shape index (κ2) is 6.41. The molecule has 0 unspecified atom stereocenters. The molecule has 108 valence electrons. The number of carbonyl (C=O) groups is 1. The average Bonchev–Trinajstić information content (AvgIpc) is 2.56. The van der Waals surface area contributed by atoms with Gasteiger partial charge in [-0.05, 0) is 11.6 Å². The molecule has 3 heterocycles. The molecule has 0 radical (unpaired) electrons. The van der Waals surface area contributed by atoms with E-state index >= 15 is 0 Å². The Labute approximate surface area is 122 Å². The van der Waals surface area contributed by atoms with Gasteiger partial charge in [0.05, 0.1) is 24.5 Å². The van der Waals surface area contributed by atoms with Gasteiger partial charge in [0.1, 0.15) is 0 Å². The van der Waals surface area contributed by atoms with E-state index in [1.165, 1.54) is 0 Å². The molecule has 0 atom stereocenters. The lowest BCUT2D eigenvalue weighted by molar-refractivity contribution is 0.0302. The lowest BCUT2D eigenvalue weighted by Crippen LogP contribution is -2.40. The van der Waals surface area contributed by atoms with Crippen molar-refractivity contribution in [1.82, 2.24) is 19.9 Å². The standard InChI is InChI=1S/C15H16N4O2/c20-15(19-3-5-21-6-4-19)13-7-12(9-17-10-13)8-14-11-16-1-2-18-14/h1-2,7,9-11H,3-6,8H2. The van der Waals surface area contributed by atoms with Gasteiger partial charge in [-0.25, -0.2) is 0 Å². The van der Waals surface area contributed by atoms with E-state index in [0.29, 0.717) is 38.3 Å². The van der Waals surface area contributed by atoms with E-state index in [-0.39, 0.29) is 5.91 Å². The molecule has 3 rings (SSSR count). The highest BCUT2D eigenvalue weighted by molar-refractivity contribution is 5.94. The van der Waals surface area contributed by atoms with Crippen LogP contribution < -0.4 is 0 Å². The molecule has 0 saturated carbocycles. The fourth-order valence-corrected chi connectivity index (χ4v) is 2.28. The first-order valence-electron chi connectivity index (χ1n) is 6.89. The van der Waals surface area contributed by atoms with Gasteiger partial charge in [-0.1, -0.05) is 0 Å². The van der Waals surface area contributed by atoms with Gasteiger partial charge < -0.3 is 9.64 Å². The Kier molecular flexibility index (Phi) is 4.16. The Morgan fingerprint density at radius 1 is 1.14 bits per heavy atom. The van der Waals surface area contributed by atoms with Crippen LogP contribution in [0.25, 0.3) is 0 Å². The molecule has 0 spiro atoms. The molecule has 0 N–H and O–H groups in total. The minimum absolute atomic E-state index is 0.00629. The van der Waals surface area contributed by atoms with Gasteiger partial charge in [0.25, 0.3) is 5.91 Å². The lowest BCUT2D eigenvalue weighted by Gasteiger charge is -2.26. The van der Waals surface area contributed by atoms with Crippen LogP contribution in [0.1, 0.15) is 21.6 Å². The third-order valence-electron chi connectivity index (χ3n) is 3.34. The zero-order valence-electron chi connectivity index (χ0n) is 11.6. The van der Waals surface area contributed by atoms with E-state index in [9.17, 15) is 4.79 Å². The Balaban J connectivity index is 1.75. The molecule has 2 aromatic rings. The second-order valence-electron chi connectivity index (χ2n) is 4.86. The highest BCUT2D eigenvalue weighted by atomic mass is 16.5. The lowest BCUT2D eigenvalue weighted by atomic mass is 10.1. The van der Waals surface area contributed by atoms with Crippen LogP contribution in [0.15, 0.2) is 37.1 Å². The number of aromatic nitrogens is 3. The first kappa shape index (κ1) is 13.6. The van der Waals surface area contributed by atoms with Crippen LogP contribution in [0, 0.1) is 0 Å². The van der Waals surface area contributed by atoms with Crippen molar-refractivity contribution in [2.45, 2.75) is 6.42 Å². The Morgan fingerprint density at radius 2 is 2.00 bits per heavy atom. The molecule has 21 heavy (non-hydrogen) atoms. The van der Waals surface area contributed by atoms with Crippen molar-refractivity contribution >= 4 is 5.91 Å². The van der Waals surface area contributed by atoms with Gasteiger partial charge in [-0.2, -0.15) is 0 Å². The highest BCUT2D eigenvalue weighted by Crippen LogP contribution is 2.11. The minimum Gasteiger partial charge on any atom is -0.378 e. The normalized spacial score (nSPS) is 15.0. The number of ether oxygens (including phenoxy) is 1. The summed E-state index contributed by atoms with van der Waals surface area (Å²) in [5.74, 6) is 0.00629. The van der Waals surface area contributed by atoms with Gasteiger partial charge in [0.15, 0.2) is 0 Å². The van der Waals surface area contributed by atoms with Crippen LogP contribution >= 0.6 is 0 Å². The van der Waals surface area contributed by atoms with Crippen molar-refractivity contribution in [3.8, 4) is 0 Å². The largest absolute Gasteiger partial charge is 0.378 e. The number of carbonyl (C=O) groups excluding carboxylic acids is 1. The Hall–Kier alpha value is -2.34. The molecule has 1 saturated heterocycles. The summed E-state index contributed by atoms with van der Waals surface area (Å²) in [6, 6.07) is 1.87. The van der Waals surface area contributed by atoms with Crippen LogP contribution in [0.5, 0.6) is 0 Å². The number of morpholine rings is 1. The molecule has 1 aliphatic heterocycles. The Bertz CT molecular complexity index is 612. The predicted molar refractivity (Wildman–Crippen MR) is 75.8 cm³/mol. The van der Waals surface area contributed by atoms with Crippen molar-refractivity contribution < 1.29 is 9.53 Å². The zero-order chi connectivity index (χ0) is 14.5. The Morgan fingerprint density at radius 3 is 2.76 bits per heavy atom. The first-order chi connectivity index (χ1) is 10.3. The molecule has 1 fully saturated rings. The number of hydrogen-bond donors (Lipinski definition) is 0. The fraction of sp³-hybridized carbons (Fsp3) is 0.333. The van der Waals surface area contributed by atoms with Crippen molar-refractivity contribution in [2.75, 3.05) is 26.3 Å². The molecule has 6 heteroatoms. The average molecular weight is 284 g/mol. The van der Waals surface area contributed by atoms with E-state index in [2.05, 4.69) is 15.0 Å². The molecule has 1 aliphatic rings.